The number of hydrogen-bond acceptors (Lipinski definition) is 3. The van der Waals surface area contributed by atoms with Crippen LogP contribution in [0.4, 0.5) is 18.0 Å². The van der Waals surface area contributed by atoms with Gasteiger partial charge in [0.15, 0.2) is 0 Å². The molecule has 0 saturated carbocycles. The van der Waals surface area contributed by atoms with Gasteiger partial charge < -0.3 is 20.1 Å². The summed E-state index contributed by atoms with van der Waals surface area (Å²) in [5.41, 5.74) is -0.735. The first-order valence-corrected chi connectivity index (χ1v) is 8.70. The molecule has 1 aliphatic rings. The predicted octanol–water partition coefficient (Wildman–Crippen LogP) is 3.37. The Kier molecular flexibility index (Phi) is 6.56. The summed E-state index contributed by atoms with van der Waals surface area (Å²) in [6.45, 7) is 4.32. The van der Waals surface area contributed by atoms with Crippen LogP contribution in [0.25, 0.3) is 0 Å². The summed E-state index contributed by atoms with van der Waals surface area (Å²) < 4.78 is 43.4. The van der Waals surface area contributed by atoms with Crippen LogP contribution in [0.1, 0.15) is 32.3 Å². The van der Waals surface area contributed by atoms with Crippen molar-refractivity contribution in [3.8, 4) is 5.75 Å². The Bertz CT molecular complexity index is 654. The molecule has 1 aliphatic heterocycles. The van der Waals surface area contributed by atoms with Crippen LogP contribution < -0.4 is 10.1 Å². The second kappa shape index (κ2) is 8.49. The van der Waals surface area contributed by atoms with Gasteiger partial charge in [0, 0.05) is 25.9 Å². The fourth-order valence-corrected chi connectivity index (χ4v) is 2.95. The van der Waals surface area contributed by atoms with Crippen molar-refractivity contribution in [2.24, 2.45) is 5.92 Å². The number of amides is 2. The van der Waals surface area contributed by atoms with Gasteiger partial charge in [0.1, 0.15) is 17.9 Å². The topological polar surface area (TPSA) is 78.9 Å². The number of likely N-dealkylation sites (tertiary alicyclic amines) is 1. The van der Waals surface area contributed by atoms with Crippen molar-refractivity contribution in [3.63, 3.8) is 0 Å². The highest BCUT2D eigenvalue weighted by molar-refractivity contribution is 5.85. The highest BCUT2D eigenvalue weighted by atomic mass is 19.4. The molecule has 0 bridgehead atoms. The molecule has 2 amide bonds. The van der Waals surface area contributed by atoms with E-state index in [9.17, 15) is 22.8 Å². The second-order valence-corrected chi connectivity index (χ2v) is 6.84. The zero-order valence-corrected chi connectivity index (χ0v) is 15.1. The van der Waals surface area contributed by atoms with E-state index in [1.165, 1.54) is 12.1 Å². The van der Waals surface area contributed by atoms with Crippen LogP contribution in [0.15, 0.2) is 24.3 Å². The fourth-order valence-electron chi connectivity index (χ4n) is 2.95. The van der Waals surface area contributed by atoms with Gasteiger partial charge in [-0.1, -0.05) is 13.8 Å². The van der Waals surface area contributed by atoms with Crippen molar-refractivity contribution in [1.29, 1.82) is 0 Å². The van der Waals surface area contributed by atoms with Gasteiger partial charge in [-0.25, -0.2) is 4.79 Å². The molecule has 1 atom stereocenters. The van der Waals surface area contributed by atoms with E-state index >= 15 is 0 Å². The maximum Gasteiger partial charge on any atom is 0.416 e. The number of halogens is 3. The molecule has 2 rings (SSSR count). The molecule has 1 saturated heterocycles. The zero-order valence-electron chi connectivity index (χ0n) is 15.1. The summed E-state index contributed by atoms with van der Waals surface area (Å²) in [4.78, 5) is 25.0. The number of carbonyl (C=O) groups is 2. The third-order valence-corrected chi connectivity index (χ3v) is 4.45. The van der Waals surface area contributed by atoms with E-state index in [0.717, 1.165) is 12.1 Å². The number of ether oxygens (including phenoxy) is 1. The average Bonchev–Trinajstić information content (AvgIpc) is 2.59. The van der Waals surface area contributed by atoms with Gasteiger partial charge in [-0.2, -0.15) is 13.2 Å². The summed E-state index contributed by atoms with van der Waals surface area (Å²) in [5.74, 6) is -0.115. The number of hydrogen-bond donors (Lipinski definition) is 2. The SMILES string of the molecule is CC(C)[C@H](NC(=O)O)C(=O)N1CCC(Oc2ccc(C(F)(F)F)cc2)CC1. The molecule has 0 aromatic heterocycles. The highest BCUT2D eigenvalue weighted by Gasteiger charge is 2.32. The predicted molar refractivity (Wildman–Crippen MR) is 91.5 cm³/mol. The Hall–Kier alpha value is -2.45. The summed E-state index contributed by atoms with van der Waals surface area (Å²) in [6, 6.07) is 3.70. The lowest BCUT2D eigenvalue weighted by Crippen LogP contribution is -2.53. The Morgan fingerprint density at radius 3 is 2.19 bits per heavy atom. The van der Waals surface area contributed by atoms with Crippen LogP contribution in [-0.4, -0.2) is 47.2 Å². The molecule has 150 valence electrons. The van der Waals surface area contributed by atoms with Crippen LogP contribution in [0.2, 0.25) is 0 Å². The van der Waals surface area contributed by atoms with Crippen molar-refractivity contribution >= 4 is 12.0 Å². The van der Waals surface area contributed by atoms with Crippen LogP contribution in [0.3, 0.4) is 0 Å². The normalized spacial score (nSPS) is 16.9. The van der Waals surface area contributed by atoms with Crippen molar-refractivity contribution < 1.29 is 32.6 Å². The number of piperidine rings is 1. The van der Waals surface area contributed by atoms with Gasteiger partial charge in [-0.05, 0) is 30.2 Å². The highest BCUT2D eigenvalue weighted by Crippen LogP contribution is 2.30. The van der Waals surface area contributed by atoms with Gasteiger partial charge in [-0.3, -0.25) is 4.79 Å². The lowest BCUT2D eigenvalue weighted by Gasteiger charge is -2.35. The molecule has 1 aromatic rings. The third-order valence-electron chi connectivity index (χ3n) is 4.45. The number of nitrogens with zero attached hydrogens (tertiary/aromatic N) is 1. The number of alkyl halides is 3. The molecule has 9 heteroatoms. The third kappa shape index (κ3) is 5.77. The van der Waals surface area contributed by atoms with E-state index in [0.29, 0.717) is 31.7 Å². The average molecular weight is 388 g/mol. The van der Waals surface area contributed by atoms with E-state index in [2.05, 4.69) is 5.32 Å². The lowest BCUT2D eigenvalue weighted by atomic mass is 10.0. The van der Waals surface area contributed by atoms with Crippen molar-refractivity contribution in [2.45, 2.75) is 45.0 Å². The van der Waals surface area contributed by atoms with Gasteiger partial charge in [0.25, 0.3) is 0 Å². The quantitative estimate of drug-likeness (QED) is 0.811. The first-order chi connectivity index (χ1) is 12.6. The second-order valence-electron chi connectivity index (χ2n) is 6.84. The molecule has 1 fully saturated rings. The molecular formula is C18H23F3N2O4. The summed E-state index contributed by atoms with van der Waals surface area (Å²) in [7, 11) is 0. The van der Waals surface area contributed by atoms with Gasteiger partial charge >= 0.3 is 12.3 Å². The molecule has 1 aromatic carbocycles. The number of carbonyl (C=O) groups excluding carboxylic acids is 1. The van der Waals surface area contributed by atoms with Gasteiger partial charge in [0.2, 0.25) is 5.91 Å². The maximum atomic E-state index is 12.6. The van der Waals surface area contributed by atoms with Crippen LogP contribution in [0, 0.1) is 5.92 Å². The minimum atomic E-state index is -4.39. The van der Waals surface area contributed by atoms with E-state index in [4.69, 9.17) is 9.84 Å². The molecule has 27 heavy (non-hydrogen) atoms. The molecule has 6 nitrogen and oxygen atoms in total. The van der Waals surface area contributed by atoms with Crippen LogP contribution >= 0.6 is 0 Å². The molecule has 2 N–H and O–H groups in total. The van der Waals surface area contributed by atoms with E-state index in [1.807, 2.05) is 0 Å². The number of benzene rings is 1. The molecule has 0 unspecified atom stereocenters. The van der Waals surface area contributed by atoms with Crippen molar-refractivity contribution in [3.05, 3.63) is 29.8 Å². The maximum absolute atomic E-state index is 12.6. The smallest absolute Gasteiger partial charge is 0.416 e. The van der Waals surface area contributed by atoms with Gasteiger partial charge in [-0.15, -0.1) is 0 Å². The Balaban J connectivity index is 1.89. The monoisotopic (exact) mass is 388 g/mol. The largest absolute Gasteiger partial charge is 0.490 e. The molecule has 0 radical (unpaired) electrons. The minimum absolute atomic E-state index is 0.185. The van der Waals surface area contributed by atoms with E-state index in [-0.39, 0.29) is 17.9 Å². The summed E-state index contributed by atoms with van der Waals surface area (Å²) >= 11 is 0. The Morgan fingerprint density at radius 1 is 1.19 bits per heavy atom. The first-order valence-electron chi connectivity index (χ1n) is 8.70. The van der Waals surface area contributed by atoms with Crippen molar-refractivity contribution in [2.75, 3.05) is 13.1 Å². The number of nitrogens with one attached hydrogen (secondary N) is 1. The number of rotatable bonds is 5. The molecule has 0 aliphatic carbocycles. The van der Waals surface area contributed by atoms with E-state index in [1.54, 1.807) is 18.7 Å². The standard InChI is InChI=1S/C18H23F3N2O4/c1-11(2)15(22-17(25)26)16(24)23-9-7-14(8-10-23)27-13-5-3-12(4-6-13)18(19,20)21/h3-6,11,14-15,22H,7-10H2,1-2H3,(H,25,26)/t15-/m0/s1. The number of carboxylic acid groups (broad SMARTS) is 1. The minimum Gasteiger partial charge on any atom is -0.490 e. The Morgan fingerprint density at radius 2 is 1.74 bits per heavy atom. The van der Waals surface area contributed by atoms with Crippen LogP contribution in [-0.2, 0) is 11.0 Å². The molecular weight excluding hydrogens is 365 g/mol. The first kappa shape index (κ1) is 20.9. The molecule has 0 spiro atoms. The summed E-state index contributed by atoms with van der Waals surface area (Å²) in [5, 5.41) is 11.1. The van der Waals surface area contributed by atoms with Gasteiger partial charge in [0.05, 0.1) is 5.56 Å². The summed E-state index contributed by atoms with van der Waals surface area (Å²) in [6.07, 6.45) is -4.81. The zero-order chi connectivity index (χ0) is 20.2. The van der Waals surface area contributed by atoms with Crippen LogP contribution in [0.5, 0.6) is 5.75 Å². The lowest BCUT2D eigenvalue weighted by molar-refractivity contribution is -0.137. The fraction of sp³-hybridized carbons (Fsp3) is 0.556. The van der Waals surface area contributed by atoms with E-state index < -0.39 is 23.9 Å². The van der Waals surface area contributed by atoms with Crippen molar-refractivity contribution in [1.82, 2.24) is 10.2 Å². The molecule has 1 heterocycles. The Labute approximate surface area is 155 Å².